The van der Waals surface area contributed by atoms with Gasteiger partial charge < -0.3 is 5.73 Å². The molecule has 0 aliphatic carbocycles. The highest BCUT2D eigenvalue weighted by Gasteiger charge is 2.16. The summed E-state index contributed by atoms with van der Waals surface area (Å²) in [5, 5.41) is 0. The molecule has 0 unspecified atom stereocenters. The molecule has 0 amide bonds. The predicted molar refractivity (Wildman–Crippen MR) is 66.7 cm³/mol. The van der Waals surface area contributed by atoms with E-state index in [4.69, 9.17) is 5.73 Å². The molecule has 4 N–H and O–H groups in total. The minimum Gasteiger partial charge on any atom is -0.398 e. The van der Waals surface area contributed by atoms with Gasteiger partial charge in [0.2, 0.25) is 20.0 Å². The molecule has 102 valence electrons. The van der Waals surface area contributed by atoms with Gasteiger partial charge in [-0.15, -0.1) is 0 Å². The summed E-state index contributed by atoms with van der Waals surface area (Å²) in [6, 6.07) is 1.36. The normalized spacial score (nSPS) is 12.5. The zero-order chi connectivity index (χ0) is 13.8. The summed E-state index contributed by atoms with van der Waals surface area (Å²) in [4.78, 5) is 3.53. The molecule has 1 aromatic heterocycles. The van der Waals surface area contributed by atoms with E-state index in [2.05, 4.69) is 14.4 Å². The number of hydrogen-bond donors (Lipinski definition) is 3. The van der Waals surface area contributed by atoms with Gasteiger partial charge in [0.15, 0.2) is 0 Å². The van der Waals surface area contributed by atoms with E-state index in [1.807, 2.05) is 0 Å². The fourth-order valence-electron chi connectivity index (χ4n) is 1.11. The first-order valence-corrected chi connectivity index (χ1v) is 8.23. The van der Waals surface area contributed by atoms with Crippen molar-refractivity contribution >= 4 is 25.7 Å². The van der Waals surface area contributed by atoms with Crippen molar-refractivity contribution in [3.05, 3.63) is 18.5 Å². The monoisotopic (exact) mass is 294 g/mol. The van der Waals surface area contributed by atoms with Crippen LogP contribution >= 0.6 is 0 Å². The standard InChI is InChI=1S/C8H14N4O4S2/c1-17(13,14)11-4-5-12-18(15,16)8-6-10-3-2-7(8)9/h2-3,6,11-12H,4-5H2,1H3,(H2,9,10). The fourth-order valence-corrected chi connectivity index (χ4v) is 2.69. The first kappa shape index (κ1) is 14.8. The van der Waals surface area contributed by atoms with Gasteiger partial charge in [0.1, 0.15) is 4.90 Å². The molecule has 1 aromatic rings. The van der Waals surface area contributed by atoms with E-state index < -0.39 is 20.0 Å². The Bertz CT molecular complexity index is 612. The Hall–Kier alpha value is -1.23. The van der Waals surface area contributed by atoms with Crippen molar-refractivity contribution < 1.29 is 16.8 Å². The molecule has 10 heteroatoms. The van der Waals surface area contributed by atoms with Crippen LogP contribution < -0.4 is 15.2 Å². The van der Waals surface area contributed by atoms with Crippen LogP contribution in [-0.4, -0.2) is 41.2 Å². The number of nitrogens with zero attached hydrogens (tertiary/aromatic N) is 1. The number of nitrogen functional groups attached to an aromatic ring is 1. The van der Waals surface area contributed by atoms with Crippen LogP contribution in [0.2, 0.25) is 0 Å². The summed E-state index contributed by atoms with van der Waals surface area (Å²) in [6.45, 7) is -0.123. The van der Waals surface area contributed by atoms with E-state index in [-0.39, 0.29) is 23.7 Å². The Morgan fingerprint density at radius 3 is 2.39 bits per heavy atom. The average Bonchev–Trinajstić information content (AvgIpc) is 2.24. The molecule has 0 saturated carbocycles. The Morgan fingerprint density at radius 1 is 1.22 bits per heavy atom. The Balaban J connectivity index is 2.65. The maximum Gasteiger partial charge on any atom is 0.244 e. The van der Waals surface area contributed by atoms with Gasteiger partial charge >= 0.3 is 0 Å². The molecular formula is C8H14N4O4S2. The molecule has 1 rings (SSSR count). The Labute approximate surface area is 106 Å². The van der Waals surface area contributed by atoms with Crippen molar-refractivity contribution in [2.24, 2.45) is 0 Å². The van der Waals surface area contributed by atoms with Crippen molar-refractivity contribution in [1.29, 1.82) is 0 Å². The molecule has 0 radical (unpaired) electrons. The summed E-state index contributed by atoms with van der Waals surface area (Å²) >= 11 is 0. The number of rotatable bonds is 6. The molecule has 0 aliphatic heterocycles. The van der Waals surface area contributed by atoms with Crippen molar-refractivity contribution in [1.82, 2.24) is 14.4 Å². The van der Waals surface area contributed by atoms with E-state index in [1.54, 1.807) is 0 Å². The van der Waals surface area contributed by atoms with E-state index >= 15 is 0 Å². The summed E-state index contributed by atoms with van der Waals surface area (Å²) in [5.74, 6) is 0. The van der Waals surface area contributed by atoms with Crippen LogP contribution in [-0.2, 0) is 20.0 Å². The van der Waals surface area contributed by atoms with Crippen molar-refractivity contribution in [2.75, 3.05) is 25.1 Å². The lowest BCUT2D eigenvalue weighted by Crippen LogP contribution is -2.34. The van der Waals surface area contributed by atoms with Gasteiger partial charge in [-0.3, -0.25) is 4.98 Å². The molecule has 0 atom stereocenters. The van der Waals surface area contributed by atoms with Gasteiger partial charge in [-0.1, -0.05) is 0 Å². The SMILES string of the molecule is CS(=O)(=O)NCCNS(=O)(=O)c1cnccc1N. The quantitative estimate of drug-likeness (QED) is 0.547. The van der Waals surface area contributed by atoms with E-state index in [0.29, 0.717) is 0 Å². The first-order chi connectivity index (χ1) is 8.22. The lowest BCUT2D eigenvalue weighted by Gasteiger charge is -2.08. The van der Waals surface area contributed by atoms with Gasteiger partial charge in [0.25, 0.3) is 0 Å². The molecule has 0 aromatic carbocycles. The van der Waals surface area contributed by atoms with Crippen molar-refractivity contribution in [3.8, 4) is 0 Å². The largest absolute Gasteiger partial charge is 0.398 e. The third kappa shape index (κ3) is 4.56. The third-order valence-corrected chi connectivity index (χ3v) is 4.12. The van der Waals surface area contributed by atoms with Crippen molar-refractivity contribution in [2.45, 2.75) is 4.90 Å². The number of hydrogen-bond acceptors (Lipinski definition) is 6. The highest BCUT2D eigenvalue weighted by Crippen LogP contribution is 2.14. The molecule has 0 aliphatic rings. The molecule has 0 spiro atoms. The topological polar surface area (TPSA) is 131 Å². The molecule has 8 nitrogen and oxygen atoms in total. The van der Waals surface area contributed by atoms with Gasteiger partial charge in [-0.2, -0.15) is 0 Å². The summed E-state index contributed by atoms with van der Waals surface area (Å²) in [5.41, 5.74) is 5.59. The smallest absolute Gasteiger partial charge is 0.244 e. The number of nitrogens with one attached hydrogen (secondary N) is 2. The third-order valence-electron chi connectivity index (χ3n) is 1.89. The molecular weight excluding hydrogens is 280 g/mol. The highest BCUT2D eigenvalue weighted by atomic mass is 32.2. The van der Waals surface area contributed by atoms with Crippen LogP contribution in [0.5, 0.6) is 0 Å². The molecule has 0 bridgehead atoms. The lowest BCUT2D eigenvalue weighted by atomic mass is 10.4. The molecule has 0 saturated heterocycles. The number of anilines is 1. The second kappa shape index (κ2) is 5.61. The zero-order valence-corrected chi connectivity index (χ0v) is 11.3. The lowest BCUT2D eigenvalue weighted by molar-refractivity contribution is 0.573. The van der Waals surface area contributed by atoms with Gasteiger partial charge in [-0.05, 0) is 6.07 Å². The number of pyridine rings is 1. The van der Waals surface area contributed by atoms with Crippen LogP contribution in [0.15, 0.2) is 23.4 Å². The van der Waals surface area contributed by atoms with Crippen LogP contribution in [0, 0.1) is 0 Å². The average molecular weight is 294 g/mol. The second-order valence-corrected chi connectivity index (χ2v) is 7.05. The Kier molecular flexibility index (Phi) is 4.62. The molecule has 18 heavy (non-hydrogen) atoms. The summed E-state index contributed by atoms with van der Waals surface area (Å²) in [6.07, 6.45) is 3.49. The maximum absolute atomic E-state index is 11.8. The van der Waals surface area contributed by atoms with Crippen LogP contribution in [0.3, 0.4) is 0 Å². The minimum absolute atomic E-state index is 0.0434. The summed E-state index contributed by atoms with van der Waals surface area (Å²) < 4.78 is 49.4. The maximum atomic E-state index is 11.8. The van der Waals surface area contributed by atoms with Crippen molar-refractivity contribution in [3.63, 3.8) is 0 Å². The zero-order valence-electron chi connectivity index (χ0n) is 9.62. The fraction of sp³-hybridized carbons (Fsp3) is 0.375. The van der Waals surface area contributed by atoms with E-state index in [0.717, 1.165) is 12.5 Å². The Morgan fingerprint density at radius 2 is 1.83 bits per heavy atom. The van der Waals surface area contributed by atoms with Gasteiger partial charge in [0, 0.05) is 25.5 Å². The van der Waals surface area contributed by atoms with Gasteiger partial charge in [0.05, 0.1) is 11.9 Å². The highest BCUT2D eigenvalue weighted by molar-refractivity contribution is 7.89. The molecule has 0 fully saturated rings. The summed E-state index contributed by atoms with van der Waals surface area (Å²) in [7, 11) is -7.12. The van der Waals surface area contributed by atoms with Crippen LogP contribution in [0.1, 0.15) is 0 Å². The van der Waals surface area contributed by atoms with Gasteiger partial charge in [-0.25, -0.2) is 26.3 Å². The first-order valence-electron chi connectivity index (χ1n) is 4.86. The predicted octanol–water partition coefficient (Wildman–Crippen LogP) is -1.51. The molecule has 1 heterocycles. The number of nitrogens with two attached hydrogens (primary N) is 1. The van der Waals surface area contributed by atoms with E-state index in [1.165, 1.54) is 12.3 Å². The van der Waals surface area contributed by atoms with Crippen LogP contribution in [0.4, 0.5) is 5.69 Å². The number of sulfonamides is 2. The van der Waals surface area contributed by atoms with Crippen LogP contribution in [0.25, 0.3) is 0 Å². The second-order valence-electron chi connectivity index (χ2n) is 3.48. The minimum atomic E-state index is -3.78. The van der Waals surface area contributed by atoms with E-state index in [9.17, 15) is 16.8 Å². The number of aromatic nitrogens is 1.